The zero-order chi connectivity index (χ0) is 12.4. The van der Waals surface area contributed by atoms with Gasteiger partial charge in [-0.05, 0) is 11.6 Å². The molecule has 0 saturated heterocycles. The summed E-state index contributed by atoms with van der Waals surface area (Å²) in [5.74, 6) is 0.390. The lowest BCUT2D eigenvalue weighted by atomic mass is 10.8. The van der Waals surface area contributed by atoms with Crippen LogP contribution < -0.4 is 0 Å². The lowest BCUT2D eigenvalue weighted by Crippen LogP contribution is -2.02. The molecule has 3 rings (SSSR count). The Balaban J connectivity index is 1.96. The van der Waals surface area contributed by atoms with Gasteiger partial charge in [0.25, 0.3) is 5.22 Å². The molecular weight excluding hydrogens is 276 g/mol. The molecule has 0 saturated carbocycles. The average molecular weight is 281 g/mol. The topological polar surface area (TPSA) is 82.5 Å². The van der Waals surface area contributed by atoms with Crippen LogP contribution in [0.3, 0.4) is 0 Å². The molecule has 7 nitrogen and oxygen atoms in total. The molecule has 0 amide bonds. The van der Waals surface area contributed by atoms with E-state index in [4.69, 9.17) is 16.0 Å². The van der Waals surface area contributed by atoms with Crippen LogP contribution in [0, 0.1) is 0 Å². The van der Waals surface area contributed by atoms with E-state index in [-0.39, 0.29) is 5.28 Å². The van der Waals surface area contributed by atoms with Crippen LogP contribution in [0.4, 0.5) is 0 Å². The summed E-state index contributed by atoms with van der Waals surface area (Å²) in [6.45, 7) is 0. The number of imidazole rings is 1. The molecule has 0 fully saturated rings. The van der Waals surface area contributed by atoms with Crippen LogP contribution >= 0.6 is 23.4 Å². The van der Waals surface area contributed by atoms with E-state index < -0.39 is 0 Å². The largest absolute Gasteiger partial charge is 0.440 e. The van der Waals surface area contributed by atoms with E-state index in [1.54, 1.807) is 29.5 Å². The number of halogens is 1. The van der Waals surface area contributed by atoms with Crippen LogP contribution in [-0.2, 0) is 0 Å². The maximum atomic E-state index is 5.85. The molecule has 90 valence electrons. The molecule has 3 heterocycles. The Kier molecular flexibility index (Phi) is 2.95. The van der Waals surface area contributed by atoms with Crippen molar-refractivity contribution in [1.82, 2.24) is 29.5 Å². The summed E-state index contributed by atoms with van der Waals surface area (Å²) in [6, 6.07) is 0. The van der Waals surface area contributed by atoms with Crippen molar-refractivity contribution in [3.05, 3.63) is 36.5 Å². The van der Waals surface area contributed by atoms with Gasteiger partial charge in [0.05, 0.1) is 6.20 Å². The van der Waals surface area contributed by atoms with E-state index in [9.17, 15) is 0 Å². The van der Waals surface area contributed by atoms with Gasteiger partial charge in [-0.2, -0.15) is 15.0 Å². The minimum Gasteiger partial charge on any atom is -0.440 e. The molecule has 0 aromatic carbocycles. The first-order chi connectivity index (χ1) is 8.81. The van der Waals surface area contributed by atoms with Crippen molar-refractivity contribution >= 4 is 23.4 Å². The predicted molar refractivity (Wildman–Crippen MR) is 62.6 cm³/mol. The van der Waals surface area contributed by atoms with Crippen LogP contribution in [-0.4, -0.2) is 29.5 Å². The van der Waals surface area contributed by atoms with Crippen molar-refractivity contribution in [1.29, 1.82) is 0 Å². The Morgan fingerprint density at radius 3 is 2.89 bits per heavy atom. The van der Waals surface area contributed by atoms with E-state index in [1.807, 2.05) is 0 Å². The Morgan fingerprint density at radius 1 is 1.22 bits per heavy atom. The Morgan fingerprint density at radius 2 is 2.17 bits per heavy atom. The van der Waals surface area contributed by atoms with Gasteiger partial charge in [0.15, 0.2) is 0 Å². The fourth-order valence-electron chi connectivity index (χ4n) is 1.20. The second kappa shape index (κ2) is 4.75. The highest BCUT2D eigenvalue weighted by molar-refractivity contribution is 7.98. The van der Waals surface area contributed by atoms with Crippen molar-refractivity contribution in [3.63, 3.8) is 0 Å². The van der Waals surface area contributed by atoms with Gasteiger partial charge in [-0.3, -0.25) is 4.57 Å². The Labute approximate surface area is 110 Å². The van der Waals surface area contributed by atoms with Crippen molar-refractivity contribution in [2.45, 2.75) is 10.4 Å². The normalized spacial score (nSPS) is 10.7. The second-order valence-electron chi connectivity index (χ2n) is 3.06. The third kappa shape index (κ3) is 2.34. The third-order valence-electron chi connectivity index (χ3n) is 1.90. The van der Waals surface area contributed by atoms with Gasteiger partial charge in [-0.25, -0.2) is 9.97 Å². The van der Waals surface area contributed by atoms with Gasteiger partial charge >= 0.3 is 0 Å². The number of nitrogens with zero attached hydrogens (tertiary/aromatic N) is 6. The van der Waals surface area contributed by atoms with E-state index in [0.29, 0.717) is 16.3 Å². The quantitative estimate of drug-likeness (QED) is 0.724. The molecule has 3 aromatic rings. The van der Waals surface area contributed by atoms with Gasteiger partial charge in [0.1, 0.15) is 12.6 Å². The fraction of sp³-hybridized carbons (Fsp3) is 0. The minimum absolute atomic E-state index is 0.0998. The van der Waals surface area contributed by atoms with Crippen molar-refractivity contribution < 1.29 is 4.42 Å². The van der Waals surface area contributed by atoms with E-state index in [0.717, 1.165) is 11.8 Å². The van der Waals surface area contributed by atoms with Crippen LogP contribution in [0.25, 0.3) is 5.95 Å². The third-order valence-corrected chi connectivity index (χ3v) is 2.81. The number of hydrogen-bond donors (Lipinski definition) is 0. The monoisotopic (exact) mass is 280 g/mol. The minimum atomic E-state index is 0.0998. The molecule has 0 bridgehead atoms. The van der Waals surface area contributed by atoms with E-state index in [2.05, 4.69) is 24.9 Å². The second-order valence-corrected chi connectivity index (χ2v) is 4.31. The average Bonchev–Trinajstić information content (AvgIpc) is 3.00. The lowest BCUT2D eigenvalue weighted by molar-refractivity contribution is 0.453. The van der Waals surface area contributed by atoms with Crippen molar-refractivity contribution in [2.75, 3.05) is 0 Å². The molecule has 0 radical (unpaired) electrons. The van der Waals surface area contributed by atoms with E-state index >= 15 is 0 Å². The molecule has 0 spiro atoms. The zero-order valence-electron chi connectivity index (χ0n) is 8.76. The van der Waals surface area contributed by atoms with Gasteiger partial charge in [0.2, 0.25) is 16.4 Å². The smallest absolute Gasteiger partial charge is 0.263 e. The van der Waals surface area contributed by atoms with Crippen LogP contribution in [0.1, 0.15) is 0 Å². The van der Waals surface area contributed by atoms with Gasteiger partial charge < -0.3 is 4.42 Å². The molecule has 18 heavy (non-hydrogen) atoms. The lowest BCUT2D eigenvalue weighted by Gasteiger charge is -2.02. The van der Waals surface area contributed by atoms with Gasteiger partial charge in [0, 0.05) is 24.2 Å². The summed E-state index contributed by atoms with van der Waals surface area (Å²) < 4.78 is 6.73. The highest BCUT2D eigenvalue weighted by Gasteiger charge is 2.10. The summed E-state index contributed by atoms with van der Waals surface area (Å²) in [7, 11) is 0. The molecule has 0 atom stereocenters. The predicted octanol–water partition coefficient (Wildman–Crippen LogP) is 1.85. The molecule has 0 N–H and O–H groups in total. The first kappa shape index (κ1) is 11.2. The molecule has 0 aliphatic heterocycles. The molecule has 0 unspecified atom stereocenters. The summed E-state index contributed by atoms with van der Waals surface area (Å²) in [6.07, 6.45) is 7.93. The summed E-state index contributed by atoms with van der Waals surface area (Å²) >= 11 is 7.01. The number of hydrogen-bond acceptors (Lipinski definition) is 7. The fourth-order valence-corrected chi connectivity index (χ4v) is 2.04. The van der Waals surface area contributed by atoms with Crippen LogP contribution in [0.15, 0.2) is 46.0 Å². The highest BCUT2D eigenvalue weighted by atomic mass is 35.5. The zero-order valence-corrected chi connectivity index (χ0v) is 10.3. The number of aromatic nitrogens is 6. The van der Waals surface area contributed by atoms with E-state index in [1.165, 1.54) is 6.26 Å². The van der Waals surface area contributed by atoms with Gasteiger partial charge in [-0.15, -0.1) is 0 Å². The van der Waals surface area contributed by atoms with Crippen molar-refractivity contribution in [2.24, 2.45) is 0 Å². The first-order valence-electron chi connectivity index (χ1n) is 4.78. The summed E-state index contributed by atoms with van der Waals surface area (Å²) in [5, 5.41) is 0.942. The maximum Gasteiger partial charge on any atom is 0.263 e. The Hall–Kier alpha value is -1.93. The van der Waals surface area contributed by atoms with Gasteiger partial charge in [-0.1, -0.05) is 0 Å². The standard InChI is InChI=1S/C9H5ClN6OS/c10-6-13-7(16-3-1-11-5-16)15-8(14-6)18-9-12-2-4-17-9/h1-5H. The highest BCUT2D eigenvalue weighted by Crippen LogP contribution is 2.23. The number of rotatable bonds is 3. The number of oxazole rings is 1. The van der Waals surface area contributed by atoms with Crippen LogP contribution in [0.5, 0.6) is 0 Å². The molecule has 9 heteroatoms. The maximum absolute atomic E-state index is 5.85. The SMILES string of the molecule is Clc1nc(Sc2ncco2)nc(-n2ccnc2)n1. The first-order valence-corrected chi connectivity index (χ1v) is 5.98. The van der Waals surface area contributed by atoms with Crippen molar-refractivity contribution in [3.8, 4) is 5.95 Å². The summed E-state index contributed by atoms with van der Waals surface area (Å²) in [4.78, 5) is 20.1. The van der Waals surface area contributed by atoms with Crippen LogP contribution in [0.2, 0.25) is 5.28 Å². The molecular formula is C9H5ClN6OS. The molecule has 3 aromatic heterocycles. The summed E-state index contributed by atoms with van der Waals surface area (Å²) in [5.41, 5.74) is 0. The molecule has 0 aliphatic rings. The Bertz CT molecular complexity index is 641. The molecule has 0 aliphatic carbocycles.